The fourth-order valence-corrected chi connectivity index (χ4v) is 0.819. The molecule has 0 atom stereocenters. The molecule has 0 heterocycles. The second-order valence-corrected chi connectivity index (χ2v) is 2.29. The van der Waals surface area contributed by atoms with Crippen molar-refractivity contribution in [3.05, 3.63) is 35.4 Å². The maximum absolute atomic E-state index is 10.3. The minimum atomic E-state index is 0.398. The Morgan fingerprint density at radius 2 is 2.00 bits per heavy atom. The number of rotatable bonds is 4. The van der Waals surface area contributed by atoms with Crippen molar-refractivity contribution in [3.8, 4) is 0 Å². The average Bonchev–Trinajstić information content (AvgIpc) is 2.15. The highest BCUT2D eigenvalue weighted by atomic mass is 17.2. The molecule has 0 saturated carbocycles. The van der Waals surface area contributed by atoms with Gasteiger partial charge in [0.25, 0.3) is 0 Å². The molecule has 0 saturated heterocycles. The van der Waals surface area contributed by atoms with Crippen LogP contribution in [0.4, 0.5) is 0 Å². The van der Waals surface area contributed by atoms with Crippen LogP contribution in [-0.4, -0.2) is 13.4 Å². The highest BCUT2D eigenvalue weighted by Gasteiger charge is 1.93. The highest BCUT2D eigenvalue weighted by molar-refractivity contribution is 5.74. The molecule has 3 heteroatoms. The quantitative estimate of drug-likeness (QED) is 0.387. The first-order valence-corrected chi connectivity index (χ1v) is 3.56. The summed E-state index contributed by atoms with van der Waals surface area (Å²) in [6.07, 6.45) is 0.807. The van der Waals surface area contributed by atoms with E-state index in [2.05, 4.69) is 4.89 Å². The fraction of sp³-hybridized carbons (Fsp3) is 0.222. The topological polar surface area (TPSA) is 35.5 Å². The lowest BCUT2D eigenvalue weighted by atomic mass is 10.2. The van der Waals surface area contributed by atoms with Crippen molar-refractivity contribution in [2.45, 2.75) is 6.61 Å². The normalized spacial score (nSPS) is 9.75. The van der Waals surface area contributed by atoms with Gasteiger partial charge in [0.1, 0.15) is 12.9 Å². The van der Waals surface area contributed by atoms with Crippen molar-refractivity contribution >= 4 is 6.29 Å². The van der Waals surface area contributed by atoms with Gasteiger partial charge in [-0.3, -0.25) is 4.79 Å². The Balaban J connectivity index is 2.58. The van der Waals surface area contributed by atoms with Crippen molar-refractivity contribution < 1.29 is 14.6 Å². The summed E-state index contributed by atoms with van der Waals surface area (Å²) in [7, 11) is 1.46. The molecule has 0 aliphatic carbocycles. The summed E-state index contributed by atoms with van der Waals surface area (Å²) >= 11 is 0. The maximum Gasteiger partial charge on any atom is 0.150 e. The van der Waals surface area contributed by atoms with Gasteiger partial charge in [-0.15, -0.1) is 0 Å². The summed E-state index contributed by atoms with van der Waals surface area (Å²) in [5, 5.41) is 0. The molecule has 0 aliphatic rings. The van der Waals surface area contributed by atoms with Crippen molar-refractivity contribution in [1.29, 1.82) is 0 Å². The van der Waals surface area contributed by atoms with Gasteiger partial charge in [-0.2, -0.15) is 0 Å². The minimum absolute atomic E-state index is 0.398. The highest BCUT2D eigenvalue weighted by Crippen LogP contribution is 2.03. The zero-order valence-corrected chi connectivity index (χ0v) is 6.82. The summed E-state index contributed by atoms with van der Waals surface area (Å²) in [5.74, 6) is 0. The lowest BCUT2D eigenvalue weighted by Crippen LogP contribution is -1.91. The van der Waals surface area contributed by atoms with Crippen LogP contribution in [0.2, 0.25) is 0 Å². The Labute approximate surface area is 70.8 Å². The summed E-state index contributed by atoms with van der Waals surface area (Å²) < 4.78 is 0. The van der Waals surface area contributed by atoms with E-state index in [1.54, 1.807) is 12.1 Å². The molecule has 1 aromatic rings. The van der Waals surface area contributed by atoms with Crippen LogP contribution < -0.4 is 0 Å². The predicted octanol–water partition coefficient (Wildman–Crippen LogP) is 1.58. The first kappa shape index (κ1) is 8.90. The van der Waals surface area contributed by atoms with Crippen LogP contribution in [0.3, 0.4) is 0 Å². The Morgan fingerprint density at radius 3 is 2.50 bits per heavy atom. The van der Waals surface area contributed by atoms with Crippen LogP contribution in [-0.2, 0) is 16.4 Å². The van der Waals surface area contributed by atoms with Gasteiger partial charge in [0, 0.05) is 5.56 Å². The molecule has 0 unspecified atom stereocenters. The first-order chi connectivity index (χ1) is 5.86. The molecule has 0 fully saturated rings. The second kappa shape index (κ2) is 4.64. The summed E-state index contributed by atoms with van der Waals surface area (Å²) in [6.45, 7) is 0.398. The predicted molar refractivity (Wildman–Crippen MR) is 43.6 cm³/mol. The second-order valence-electron chi connectivity index (χ2n) is 2.29. The summed E-state index contributed by atoms with van der Waals surface area (Å²) in [5.41, 5.74) is 1.64. The number of aldehydes is 1. The Morgan fingerprint density at radius 1 is 1.33 bits per heavy atom. The van der Waals surface area contributed by atoms with Gasteiger partial charge in [0.15, 0.2) is 0 Å². The lowest BCUT2D eigenvalue weighted by Gasteiger charge is -1.99. The molecule has 64 valence electrons. The number of hydrogen-bond donors (Lipinski definition) is 0. The molecule has 0 spiro atoms. The van der Waals surface area contributed by atoms with Gasteiger partial charge in [-0.25, -0.2) is 9.78 Å². The number of carbonyl (C=O) groups excluding carboxylic acids is 1. The standard InChI is InChI=1S/C9H10O3/c1-11-12-7-9-4-2-8(6-10)3-5-9/h2-6H,7H2,1H3. The van der Waals surface area contributed by atoms with Gasteiger partial charge < -0.3 is 0 Å². The smallest absolute Gasteiger partial charge is 0.150 e. The molecule has 0 N–H and O–H groups in total. The van der Waals surface area contributed by atoms with E-state index in [4.69, 9.17) is 4.89 Å². The summed E-state index contributed by atoms with van der Waals surface area (Å²) in [4.78, 5) is 19.4. The summed E-state index contributed by atoms with van der Waals surface area (Å²) in [6, 6.07) is 7.12. The van der Waals surface area contributed by atoms with E-state index >= 15 is 0 Å². The van der Waals surface area contributed by atoms with Crippen molar-refractivity contribution in [2.75, 3.05) is 7.11 Å². The third-order valence-corrected chi connectivity index (χ3v) is 1.46. The van der Waals surface area contributed by atoms with Gasteiger partial charge >= 0.3 is 0 Å². The lowest BCUT2D eigenvalue weighted by molar-refractivity contribution is -0.282. The zero-order chi connectivity index (χ0) is 8.81. The van der Waals surface area contributed by atoms with E-state index in [0.29, 0.717) is 12.2 Å². The molecule has 0 radical (unpaired) electrons. The van der Waals surface area contributed by atoms with Gasteiger partial charge in [-0.05, 0) is 5.56 Å². The molecule has 1 aromatic carbocycles. The SMILES string of the molecule is COOCc1ccc(C=O)cc1. The van der Waals surface area contributed by atoms with Crippen molar-refractivity contribution in [2.24, 2.45) is 0 Å². The molecule has 0 bridgehead atoms. The van der Waals surface area contributed by atoms with E-state index in [9.17, 15) is 4.79 Å². The van der Waals surface area contributed by atoms with E-state index in [-0.39, 0.29) is 0 Å². The van der Waals surface area contributed by atoms with E-state index in [1.165, 1.54) is 7.11 Å². The Bertz CT molecular complexity index is 240. The van der Waals surface area contributed by atoms with E-state index in [1.807, 2.05) is 12.1 Å². The molecule has 12 heavy (non-hydrogen) atoms. The molecule has 3 nitrogen and oxygen atoms in total. The molecule has 1 rings (SSSR count). The van der Waals surface area contributed by atoms with Gasteiger partial charge in [-0.1, -0.05) is 24.3 Å². The Hall–Kier alpha value is -1.19. The van der Waals surface area contributed by atoms with Crippen molar-refractivity contribution in [1.82, 2.24) is 0 Å². The number of carbonyl (C=O) groups is 1. The molecule has 0 aromatic heterocycles. The van der Waals surface area contributed by atoms with Crippen LogP contribution in [0.1, 0.15) is 15.9 Å². The van der Waals surface area contributed by atoms with Crippen LogP contribution in [0.15, 0.2) is 24.3 Å². The van der Waals surface area contributed by atoms with E-state index in [0.717, 1.165) is 11.8 Å². The minimum Gasteiger partial charge on any atom is -0.298 e. The third kappa shape index (κ3) is 2.45. The Kier molecular flexibility index (Phi) is 3.44. The molecular weight excluding hydrogens is 156 g/mol. The van der Waals surface area contributed by atoms with Crippen LogP contribution >= 0.6 is 0 Å². The van der Waals surface area contributed by atoms with Gasteiger partial charge in [0.05, 0.1) is 7.11 Å². The van der Waals surface area contributed by atoms with E-state index < -0.39 is 0 Å². The average molecular weight is 166 g/mol. The molecule has 0 aliphatic heterocycles. The monoisotopic (exact) mass is 166 g/mol. The zero-order valence-electron chi connectivity index (χ0n) is 6.82. The van der Waals surface area contributed by atoms with Gasteiger partial charge in [0.2, 0.25) is 0 Å². The maximum atomic E-state index is 10.3. The molecular formula is C9H10O3. The molecule has 0 amide bonds. The van der Waals surface area contributed by atoms with Crippen LogP contribution in [0.25, 0.3) is 0 Å². The van der Waals surface area contributed by atoms with Crippen molar-refractivity contribution in [3.63, 3.8) is 0 Å². The largest absolute Gasteiger partial charge is 0.298 e. The first-order valence-electron chi connectivity index (χ1n) is 3.56. The number of benzene rings is 1. The third-order valence-electron chi connectivity index (χ3n) is 1.46. The van der Waals surface area contributed by atoms with Crippen LogP contribution in [0, 0.1) is 0 Å². The number of hydrogen-bond acceptors (Lipinski definition) is 3. The van der Waals surface area contributed by atoms with Crippen LogP contribution in [0.5, 0.6) is 0 Å². The fourth-order valence-electron chi connectivity index (χ4n) is 0.819.